The number of carbonyl (C=O) groups is 1. The van der Waals surface area contributed by atoms with Crippen LogP contribution in [0.15, 0.2) is 66.7 Å². The Hall–Kier alpha value is -3.97. The zero-order valence-corrected chi connectivity index (χ0v) is 19.9. The summed E-state index contributed by atoms with van der Waals surface area (Å²) in [5, 5.41) is 4.88. The number of ether oxygens (including phenoxy) is 2. The predicted molar refractivity (Wildman–Crippen MR) is 132 cm³/mol. The molecule has 178 valence electrons. The van der Waals surface area contributed by atoms with Gasteiger partial charge in [-0.3, -0.25) is 9.58 Å². The van der Waals surface area contributed by atoms with Gasteiger partial charge in [0.25, 0.3) is 0 Å². The van der Waals surface area contributed by atoms with E-state index in [0.29, 0.717) is 30.0 Å². The monoisotopic (exact) mass is 471 g/mol. The smallest absolute Gasteiger partial charge is 0.338 e. The number of halogens is 1. The fourth-order valence-corrected chi connectivity index (χ4v) is 4.82. The molecule has 0 unspecified atom stereocenters. The lowest BCUT2D eigenvalue weighted by molar-refractivity contribution is 0.0599. The number of hydrogen-bond acceptors (Lipinski definition) is 5. The highest BCUT2D eigenvalue weighted by molar-refractivity contribution is 5.94. The molecule has 35 heavy (non-hydrogen) atoms. The lowest BCUT2D eigenvalue weighted by atomic mass is 9.94. The van der Waals surface area contributed by atoms with Crippen LogP contribution < -0.4 is 4.74 Å². The number of methoxy groups -OCH3 is 2. The molecule has 4 aromatic rings. The van der Waals surface area contributed by atoms with Crippen molar-refractivity contribution < 1.29 is 18.7 Å². The molecule has 0 N–H and O–H groups in total. The van der Waals surface area contributed by atoms with E-state index < -0.39 is 5.97 Å². The largest absolute Gasteiger partial charge is 0.496 e. The van der Waals surface area contributed by atoms with Crippen LogP contribution in [0.4, 0.5) is 4.39 Å². The maximum Gasteiger partial charge on any atom is 0.338 e. The van der Waals surface area contributed by atoms with Crippen molar-refractivity contribution in [2.45, 2.75) is 19.6 Å². The molecular formula is C28H26FN3O3. The van der Waals surface area contributed by atoms with Crippen LogP contribution in [0, 0.1) is 5.82 Å². The van der Waals surface area contributed by atoms with Crippen LogP contribution in [0.1, 0.15) is 27.2 Å². The van der Waals surface area contributed by atoms with Gasteiger partial charge in [0.15, 0.2) is 0 Å². The van der Waals surface area contributed by atoms with E-state index in [1.165, 1.54) is 13.2 Å². The van der Waals surface area contributed by atoms with Crippen molar-refractivity contribution in [1.82, 2.24) is 14.7 Å². The van der Waals surface area contributed by atoms with Crippen LogP contribution in [0.2, 0.25) is 0 Å². The average molecular weight is 472 g/mol. The van der Waals surface area contributed by atoms with E-state index in [-0.39, 0.29) is 12.4 Å². The molecule has 0 spiro atoms. The fourth-order valence-electron chi connectivity index (χ4n) is 4.82. The van der Waals surface area contributed by atoms with Crippen molar-refractivity contribution in [1.29, 1.82) is 0 Å². The van der Waals surface area contributed by atoms with Gasteiger partial charge in [-0.2, -0.15) is 5.10 Å². The first-order valence-electron chi connectivity index (χ1n) is 11.4. The van der Waals surface area contributed by atoms with E-state index in [0.717, 1.165) is 33.6 Å². The zero-order valence-electron chi connectivity index (χ0n) is 19.9. The lowest BCUT2D eigenvalue weighted by Gasteiger charge is -2.18. The fraction of sp³-hybridized carbons (Fsp3) is 0.214. The summed E-state index contributed by atoms with van der Waals surface area (Å²) in [5.41, 5.74) is 5.99. The van der Waals surface area contributed by atoms with Crippen molar-refractivity contribution in [2.24, 2.45) is 0 Å². The van der Waals surface area contributed by atoms with E-state index in [1.54, 1.807) is 25.3 Å². The standard InChI is InChI=1S/C28H26FN3O3/c1-31-15-23-25(17-31)30-32(27(23)21-10-4-6-13-24(21)29)16-22-18(11-8-12-20(22)28(33)35-3)19-9-5-7-14-26(19)34-2/h4-14H,15-17H2,1-3H3. The van der Waals surface area contributed by atoms with Gasteiger partial charge < -0.3 is 9.47 Å². The Morgan fingerprint density at radius 2 is 1.66 bits per heavy atom. The average Bonchev–Trinajstić information content (AvgIpc) is 3.39. The van der Waals surface area contributed by atoms with Crippen LogP contribution >= 0.6 is 0 Å². The number of carbonyl (C=O) groups excluding carboxylic acids is 1. The van der Waals surface area contributed by atoms with Gasteiger partial charge in [0.2, 0.25) is 0 Å². The van der Waals surface area contributed by atoms with Gasteiger partial charge >= 0.3 is 5.97 Å². The summed E-state index contributed by atoms with van der Waals surface area (Å²) in [6.07, 6.45) is 0. The lowest BCUT2D eigenvalue weighted by Crippen LogP contribution is -2.15. The molecule has 2 heterocycles. The quantitative estimate of drug-likeness (QED) is 0.364. The van der Waals surface area contributed by atoms with E-state index >= 15 is 0 Å². The maximum absolute atomic E-state index is 15.0. The summed E-state index contributed by atoms with van der Waals surface area (Å²) >= 11 is 0. The topological polar surface area (TPSA) is 56.6 Å². The van der Waals surface area contributed by atoms with E-state index in [9.17, 15) is 9.18 Å². The Morgan fingerprint density at radius 3 is 2.40 bits per heavy atom. The van der Waals surface area contributed by atoms with Crippen LogP contribution in [0.5, 0.6) is 5.75 Å². The molecule has 0 radical (unpaired) electrons. The van der Waals surface area contributed by atoms with Gasteiger partial charge in [0.05, 0.1) is 37.7 Å². The minimum absolute atomic E-state index is 0.263. The molecule has 7 heteroatoms. The van der Waals surface area contributed by atoms with Crippen molar-refractivity contribution in [3.63, 3.8) is 0 Å². The van der Waals surface area contributed by atoms with E-state index in [4.69, 9.17) is 14.6 Å². The summed E-state index contributed by atoms with van der Waals surface area (Å²) in [6, 6.07) is 19.9. The number of esters is 1. The highest BCUT2D eigenvalue weighted by atomic mass is 19.1. The molecule has 0 atom stereocenters. The molecule has 1 aliphatic heterocycles. The molecule has 3 aromatic carbocycles. The molecular weight excluding hydrogens is 445 g/mol. The Balaban J connectivity index is 1.72. The predicted octanol–water partition coefficient (Wildman–Crippen LogP) is 5.15. The molecule has 6 nitrogen and oxygen atoms in total. The van der Waals surface area contributed by atoms with E-state index in [1.807, 2.05) is 54.2 Å². The number of rotatable bonds is 6. The summed E-state index contributed by atoms with van der Waals surface area (Å²) in [7, 11) is 5.00. The van der Waals surface area contributed by atoms with Crippen LogP contribution in [-0.4, -0.2) is 41.9 Å². The third-order valence-electron chi connectivity index (χ3n) is 6.40. The Bertz CT molecular complexity index is 1410. The maximum atomic E-state index is 15.0. The minimum Gasteiger partial charge on any atom is -0.496 e. The number of nitrogens with zero attached hydrogens (tertiary/aromatic N) is 3. The van der Waals surface area contributed by atoms with Crippen LogP contribution in [0.25, 0.3) is 22.4 Å². The first kappa shape index (κ1) is 22.8. The molecule has 0 saturated carbocycles. The third-order valence-corrected chi connectivity index (χ3v) is 6.40. The SMILES string of the molecule is COC(=O)c1cccc(-c2ccccc2OC)c1Cn1nc2c(c1-c1ccccc1F)CN(C)C2. The molecule has 0 amide bonds. The molecule has 1 aromatic heterocycles. The second-order valence-corrected chi connectivity index (χ2v) is 8.61. The van der Waals surface area contributed by atoms with Gasteiger partial charge in [-0.15, -0.1) is 0 Å². The zero-order chi connectivity index (χ0) is 24.5. The molecule has 5 rings (SSSR count). The molecule has 1 aliphatic rings. The van der Waals surface area contributed by atoms with E-state index in [2.05, 4.69) is 4.90 Å². The Labute approximate surface area is 203 Å². The summed E-state index contributed by atoms with van der Waals surface area (Å²) < 4.78 is 27.5. The first-order valence-corrected chi connectivity index (χ1v) is 11.4. The molecule has 0 aliphatic carbocycles. The van der Waals surface area contributed by atoms with Gasteiger partial charge in [0, 0.05) is 29.8 Å². The molecule has 0 saturated heterocycles. The summed E-state index contributed by atoms with van der Waals surface area (Å²) in [4.78, 5) is 15.0. The van der Waals surface area contributed by atoms with Crippen molar-refractivity contribution in [2.75, 3.05) is 21.3 Å². The van der Waals surface area contributed by atoms with Crippen molar-refractivity contribution >= 4 is 5.97 Å². The number of aromatic nitrogens is 2. The second-order valence-electron chi connectivity index (χ2n) is 8.61. The molecule has 0 bridgehead atoms. The molecule has 0 fully saturated rings. The van der Waals surface area contributed by atoms with Gasteiger partial charge in [0.1, 0.15) is 11.6 Å². The summed E-state index contributed by atoms with van der Waals surface area (Å²) in [6.45, 7) is 1.62. The number of fused-ring (bicyclic) bond motifs is 1. The number of hydrogen-bond donors (Lipinski definition) is 0. The van der Waals surface area contributed by atoms with Gasteiger partial charge in [-0.05, 0) is 42.4 Å². The third kappa shape index (κ3) is 4.08. The summed E-state index contributed by atoms with van der Waals surface area (Å²) in [5.74, 6) is -0.0597. The van der Waals surface area contributed by atoms with Crippen molar-refractivity contribution in [3.8, 4) is 28.1 Å². The van der Waals surface area contributed by atoms with Crippen LogP contribution in [0.3, 0.4) is 0 Å². The normalized spacial score (nSPS) is 13.0. The number of benzene rings is 3. The van der Waals surface area contributed by atoms with Crippen LogP contribution in [-0.2, 0) is 24.4 Å². The highest BCUT2D eigenvalue weighted by Gasteiger charge is 2.29. The van der Waals surface area contributed by atoms with Gasteiger partial charge in [-0.1, -0.05) is 42.5 Å². The Kier molecular flexibility index (Phi) is 6.09. The van der Waals surface area contributed by atoms with Crippen molar-refractivity contribution in [3.05, 3.63) is 94.9 Å². The number of para-hydroxylation sites is 1. The van der Waals surface area contributed by atoms with Gasteiger partial charge in [-0.25, -0.2) is 9.18 Å². The second kappa shape index (κ2) is 9.35. The highest BCUT2D eigenvalue weighted by Crippen LogP contribution is 2.37. The minimum atomic E-state index is -0.441. The first-order chi connectivity index (χ1) is 17.0. The Morgan fingerprint density at radius 1 is 0.943 bits per heavy atom.